The van der Waals surface area contributed by atoms with Gasteiger partial charge in [0, 0.05) is 12.3 Å². The molecule has 0 spiro atoms. The van der Waals surface area contributed by atoms with Gasteiger partial charge in [0.15, 0.2) is 5.96 Å². The molecule has 0 saturated heterocycles. The highest BCUT2D eigenvalue weighted by Crippen LogP contribution is 2.13. The molecule has 0 aliphatic heterocycles. The highest BCUT2D eigenvalue weighted by Gasteiger charge is 1.98. The molecule has 0 atom stereocenters. The van der Waals surface area contributed by atoms with E-state index in [9.17, 15) is 0 Å². The first-order valence-electron chi connectivity index (χ1n) is 6.71. The van der Waals surface area contributed by atoms with Crippen LogP contribution in [0.2, 0.25) is 0 Å². The van der Waals surface area contributed by atoms with Gasteiger partial charge >= 0.3 is 0 Å². The van der Waals surface area contributed by atoms with Crippen LogP contribution in [-0.2, 0) is 4.74 Å². The van der Waals surface area contributed by atoms with Gasteiger partial charge in [-0.1, -0.05) is 19.9 Å². The number of nitrogens with zero attached hydrogens (tertiary/aromatic N) is 1. The normalized spacial score (nSPS) is 11.3. The van der Waals surface area contributed by atoms with E-state index in [4.69, 9.17) is 10.5 Å². The van der Waals surface area contributed by atoms with Gasteiger partial charge in [-0.25, -0.2) is 0 Å². The Morgan fingerprint density at radius 2 is 2.00 bits per heavy atom. The third kappa shape index (κ3) is 7.69. The predicted octanol–water partition coefficient (Wildman–Crippen LogP) is 3.32. The van der Waals surface area contributed by atoms with Gasteiger partial charge in [0.2, 0.25) is 0 Å². The summed E-state index contributed by atoms with van der Waals surface area (Å²) in [6.45, 7) is 10.4. The number of guanidine groups is 1. The van der Waals surface area contributed by atoms with Gasteiger partial charge in [-0.05, 0) is 43.0 Å². The number of halogens is 1. The molecule has 1 aromatic carbocycles. The maximum Gasteiger partial charge on any atom is 0.193 e. The molecule has 0 aromatic heterocycles. The van der Waals surface area contributed by atoms with E-state index < -0.39 is 0 Å². The molecule has 3 N–H and O–H groups in total. The number of ether oxygens (including phenoxy) is 1. The number of anilines is 1. The van der Waals surface area contributed by atoms with Crippen LogP contribution in [0.15, 0.2) is 23.2 Å². The zero-order chi connectivity index (χ0) is 14.3. The van der Waals surface area contributed by atoms with Crippen molar-refractivity contribution in [1.82, 2.24) is 0 Å². The number of nitrogens with two attached hydrogens (primary N) is 1. The van der Waals surface area contributed by atoms with Gasteiger partial charge < -0.3 is 15.8 Å². The lowest BCUT2D eigenvalue weighted by molar-refractivity contribution is 0.117. The summed E-state index contributed by atoms with van der Waals surface area (Å²) in [5.74, 6) is 0.978. The first-order chi connectivity index (χ1) is 8.99. The minimum absolute atomic E-state index is 0. The third-order valence-corrected chi connectivity index (χ3v) is 2.75. The summed E-state index contributed by atoms with van der Waals surface area (Å²) in [5.41, 5.74) is 9.29. The molecule has 1 rings (SSSR count). The van der Waals surface area contributed by atoms with Crippen molar-refractivity contribution in [3.8, 4) is 0 Å². The highest BCUT2D eigenvalue weighted by molar-refractivity contribution is 14.0. The standard InChI is InChI=1S/C15H25N3O.HI/c1-11(2)10-19-8-7-17-15(16)18-14-6-5-12(3)13(4)9-14;/h5-6,9,11H,7-8,10H2,1-4H3,(H3,16,17,18);1H. The van der Waals surface area contributed by atoms with Gasteiger partial charge in [-0.3, -0.25) is 4.99 Å². The largest absolute Gasteiger partial charge is 0.379 e. The lowest BCUT2D eigenvalue weighted by atomic mass is 10.1. The second-order valence-electron chi connectivity index (χ2n) is 5.16. The van der Waals surface area contributed by atoms with Crippen LogP contribution in [-0.4, -0.2) is 25.7 Å². The van der Waals surface area contributed by atoms with E-state index in [2.05, 4.69) is 50.1 Å². The Hall–Kier alpha value is -0.820. The topological polar surface area (TPSA) is 59.6 Å². The van der Waals surface area contributed by atoms with Crippen molar-refractivity contribution >= 4 is 35.6 Å². The smallest absolute Gasteiger partial charge is 0.193 e. The van der Waals surface area contributed by atoms with Crippen molar-refractivity contribution in [2.45, 2.75) is 27.7 Å². The average molecular weight is 391 g/mol. The Balaban J connectivity index is 0.00000361. The van der Waals surface area contributed by atoms with E-state index in [1.165, 1.54) is 11.1 Å². The molecule has 0 aliphatic carbocycles. The first kappa shape index (κ1) is 19.2. The Bertz CT molecular complexity index is 433. The van der Waals surface area contributed by atoms with Crippen molar-refractivity contribution in [1.29, 1.82) is 0 Å². The third-order valence-electron chi connectivity index (χ3n) is 2.75. The van der Waals surface area contributed by atoms with E-state index in [1.54, 1.807) is 0 Å². The number of aliphatic imine (C=N–C) groups is 1. The van der Waals surface area contributed by atoms with Crippen LogP contribution in [0.25, 0.3) is 0 Å². The highest BCUT2D eigenvalue weighted by atomic mass is 127. The number of hydrogen-bond donors (Lipinski definition) is 2. The molecule has 0 radical (unpaired) electrons. The summed E-state index contributed by atoms with van der Waals surface area (Å²) in [7, 11) is 0. The molecule has 0 aliphatic rings. The summed E-state index contributed by atoms with van der Waals surface area (Å²) in [4.78, 5) is 4.23. The van der Waals surface area contributed by atoms with Crippen molar-refractivity contribution in [2.75, 3.05) is 25.1 Å². The molecule has 20 heavy (non-hydrogen) atoms. The molecule has 0 heterocycles. The molecule has 0 saturated carbocycles. The summed E-state index contributed by atoms with van der Waals surface area (Å²) >= 11 is 0. The fourth-order valence-corrected chi connectivity index (χ4v) is 1.56. The van der Waals surface area contributed by atoms with E-state index in [0.717, 1.165) is 12.3 Å². The molecule has 0 unspecified atom stereocenters. The molecule has 0 fully saturated rings. The van der Waals surface area contributed by atoms with Gasteiger partial charge in [-0.2, -0.15) is 0 Å². The van der Waals surface area contributed by atoms with Crippen LogP contribution in [0.5, 0.6) is 0 Å². The van der Waals surface area contributed by atoms with Gasteiger partial charge in [-0.15, -0.1) is 24.0 Å². The van der Waals surface area contributed by atoms with E-state index in [1.807, 2.05) is 6.07 Å². The number of aryl methyl sites for hydroxylation is 2. The van der Waals surface area contributed by atoms with Gasteiger partial charge in [0.1, 0.15) is 0 Å². The van der Waals surface area contributed by atoms with Crippen molar-refractivity contribution < 1.29 is 4.74 Å². The quantitative estimate of drug-likeness (QED) is 0.339. The summed E-state index contributed by atoms with van der Waals surface area (Å²) in [6.07, 6.45) is 0. The fourth-order valence-electron chi connectivity index (χ4n) is 1.56. The van der Waals surface area contributed by atoms with Crippen LogP contribution < -0.4 is 11.1 Å². The average Bonchev–Trinajstić information content (AvgIpc) is 2.33. The predicted molar refractivity (Wildman–Crippen MR) is 97.1 cm³/mol. The minimum atomic E-state index is 0. The Labute approximate surface area is 139 Å². The number of nitrogens with one attached hydrogen (secondary N) is 1. The van der Waals surface area contributed by atoms with Crippen LogP contribution in [0, 0.1) is 19.8 Å². The number of rotatable bonds is 6. The van der Waals surface area contributed by atoms with Crippen molar-refractivity contribution in [2.24, 2.45) is 16.6 Å². The van der Waals surface area contributed by atoms with Crippen LogP contribution in [0.1, 0.15) is 25.0 Å². The zero-order valence-electron chi connectivity index (χ0n) is 12.8. The Morgan fingerprint density at radius 3 is 2.60 bits per heavy atom. The number of hydrogen-bond acceptors (Lipinski definition) is 2. The molecular weight excluding hydrogens is 365 g/mol. The Morgan fingerprint density at radius 1 is 1.30 bits per heavy atom. The minimum Gasteiger partial charge on any atom is -0.379 e. The summed E-state index contributed by atoms with van der Waals surface area (Å²) in [6, 6.07) is 6.13. The summed E-state index contributed by atoms with van der Waals surface area (Å²) < 4.78 is 5.44. The van der Waals surface area contributed by atoms with Gasteiger partial charge in [0.25, 0.3) is 0 Å². The van der Waals surface area contributed by atoms with E-state index in [-0.39, 0.29) is 24.0 Å². The lowest BCUT2D eigenvalue weighted by Crippen LogP contribution is -2.23. The second kappa shape index (κ2) is 9.99. The van der Waals surface area contributed by atoms with E-state index >= 15 is 0 Å². The maximum absolute atomic E-state index is 5.82. The van der Waals surface area contributed by atoms with E-state index in [0.29, 0.717) is 25.0 Å². The Kier molecular flexibility index (Phi) is 9.58. The maximum atomic E-state index is 5.82. The number of benzene rings is 1. The molecular formula is C15H26IN3O. The zero-order valence-corrected chi connectivity index (χ0v) is 15.1. The second-order valence-corrected chi connectivity index (χ2v) is 5.16. The van der Waals surface area contributed by atoms with Crippen LogP contribution in [0.3, 0.4) is 0 Å². The molecule has 114 valence electrons. The summed E-state index contributed by atoms with van der Waals surface area (Å²) in [5, 5.41) is 3.08. The molecule has 1 aromatic rings. The first-order valence-corrected chi connectivity index (χ1v) is 6.71. The molecule has 0 amide bonds. The lowest BCUT2D eigenvalue weighted by Gasteiger charge is -2.08. The van der Waals surface area contributed by atoms with Crippen LogP contribution in [0.4, 0.5) is 5.69 Å². The monoisotopic (exact) mass is 391 g/mol. The fraction of sp³-hybridized carbons (Fsp3) is 0.533. The van der Waals surface area contributed by atoms with Crippen molar-refractivity contribution in [3.63, 3.8) is 0 Å². The molecule has 5 heteroatoms. The molecule has 0 bridgehead atoms. The molecule has 4 nitrogen and oxygen atoms in total. The SMILES string of the molecule is Cc1ccc(NC(N)=NCCOCC(C)C)cc1C.I. The van der Waals surface area contributed by atoms with Crippen LogP contribution >= 0.6 is 24.0 Å². The van der Waals surface area contributed by atoms with Gasteiger partial charge in [0.05, 0.1) is 13.2 Å². The van der Waals surface area contributed by atoms with Crippen molar-refractivity contribution in [3.05, 3.63) is 29.3 Å².